The summed E-state index contributed by atoms with van der Waals surface area (Å²) in [5, 5.41) is 2.96. The minimum absolute atomic E-state index is 0.0147. The number of piperidine rings is 1. The van der Waals surface area contributed by atoms with Gasteiger partial charge in [0.1, 0.15) is 5.75 Å². The first kappa shape index (κ1) is 16.1. The van der Waals surface area contributed by atoms with Crippen molar-refractivity contribution in [2.45, 2.75) is 18.9 Å². The van der Waals surface area contributed by atoms with E-state index in [0.29, 0.717) is 18.8 Å². The molecular formula is C16H23N3O3. The highest BCUT2D eigenvalue weighted by molar-refractivity contribution is 5.78. The molecule has 1 saturated heterocycles. The molecule has 1 aliphatic rings. The molecule has 1 aromatic rings. The molecule has 22 heavy (non-hydrogen) atoms. The number of urea groups is 1. The molecule has 3 amide bonds. The van der Waals surface area contributed by atoms with E-state index in [4.69, 9.17) is 4.74 Å². The zero-order valence-electron chi connectivity index (χ0n) is 13.1. The van der Waals surface area contributed by atoms with Gasteiger partial charge in [-0.25, -0.2) is 4.79 Å². The largest absolute Gasteiger partial charge is 0.484 e. The third-order valence-electron chi connectivity index (χ3n) is 3.63. The van der Waals surface area contributed by atoms with Crippen LogP contribution in [0.2, 0.25) is 0 Å². The summed E-state index contributed by atoms with van der Waals surface area (Å²) >= 11 is 0. The predicted octanol–water partition coefficient (Wildman–Crippen LogP) is 1.33. The van der Waals surface area contributed by atoms with E-state index in [-0.39, 0.29) is 24.6 Å². The molecule has 1 N–H and O–H groups in total. The number of hydrogen-bond acceptors (Lipinski definition) is 3. The van der Waals surface area contributed by atoms with Gasteiger partial charge in [-0.15, -0.1) is 0 Å². The summed E-state index contributed by atoms with van der Waals surface area (Å²) in [6, 6.07) is 9.40. The average Bonchev–Trinajstić information content (AvgIpc) is 2.54. The topological polar surface area (TPSA) is 61.9 Å². The molecule has 0 aromatic heterocycles. The van der Waals surface area contributed by atoms with Gasteiger partial charge < -0.3 is 19.9 Å². The normalized spacial score (nSPS) is 15.3. The summed E-state index contributed by atoms with van der Waals surface area (Å²) in [6.45, 7) is 1.35. The smallest absolute Gasteiger partial charge is 0.319 e. The molecule has 1 heterocycles. The number of amides is 3. The van der Waals surface area contributed by atoms with Crippen molar-refractivity contribution >= 4 is 11.9 Å². The molecule has 0 aliphatic carbocycles. The van der Waals surface area contributed by atoms with Gasteiger partial charge in [0.15, 0.2) is 6.61 Å². The third-order valence-corrected chi connectivity index (χ3v) is 3.63. The molecule has 1 aliphatic heterocycles. The van der Waals surface area contributed by atoms with E-state index in [9.17, 15) is 9.59 Å². The van der Waals surface area contributed by atoms with E-state index in [1.54, 1.807) is 19.0 Å². The maximum Gasteiger partial charge on any atom is 0.319 e. The lowest BCUT2D eigenvalue weighted by atomic mass is 10.1. The van der Waals surface area contributed by atoms with Gasteiger partial charge in [0.25, 0.3) is 5.91 Å². The fourth-order valence-corrected chi connectivity index (χ4v) is 2.43. The number of rotatable bonds is 4. The second-order valence-corrected chi connectivity index (χ2v) is 5.61. The standard InChI is InChI=1S/C16H23N3O3/c1-18(2)16(21)19-10-8-13(9-11-19)17-15(20)12-22-14-6-4-3-5-7-14/h3-7,13H,8-12H2,1-2H3,(H,17,20). The summed E-state index contributed by atoms with van der Waals surface area (Å²) in [6.07, 6.45) is 1.55. The molecule has 6 heteroatoms. The minimum atomic E-state index is -0.124. The summed E-state index contributed by atoms with van der Waals surface area (Å²) in [5.74, 6) is 0.560. The van der Waals surface area contributed by atoms with Gasteiger partial charge in [-0.1, -0.05) is 18.2 Å². The second-order valence-electron chi connectivity index (χ2n) is 5.61. The molecule has 2 rings (SSSR count). The lowest BCUT2D eigenvalue weighted by Crippen LogP contribution is -2.49. The molecule has 1 fully saturated rings. The fraction of sp³-hybridized carbons (Fsp3) is 0.500. The molecule has 120 valence electrons. The number of nitrogens with one attached hydrogen (secondary N) is 1. The Morgan fingerprint density at radius 3 is 2.45 bits per heavy atom. The average molecular weight is 305 g/mol. The van der Waals surface area contributed by atoms with Gasteiger partial charge in [0.2, 0.25) is 0 Å². The van der Waals surface area contributed by atoms with Crippen LogP contribution in [0.3, 0.4) is 0 Å². The van der Waals surface area contributed by atoms with Crippen LogP contribution in [0, 0.1) is 0 Å². The number of benzene rings is 1. The van der Waals surface area contributed by atoms with E-state index in [1.165, 1.54) is 0 Å². The fourth-order valence-electron chi connectivity index (χ4n) is 2.43. The van der Waals surface area contributed by atoms with Crippen LogP contribution in [-0.4, -0.2) is 61.6 Å². The maximum absolute atomic E-state index is 11.9. The van der Waals surface area contributed by atoms with E-state index in [1.807, 2.05) is 35.2 Å². The van der Waals surface area contributed by atoms with Crippen LogP contribution < -0.4 is 10.1 Å². The molecule has 0 radical (unpaired) electrons. The van der Waals surface area contributed by atoms with Gasteiger partial charge in [0, 0.05) is 33.2 Å². The van der Waals surface area contributed by atoms with Crippen molar-refractivity contribution in [3.8, 4) is 5.75 Å². The Hall–Kier alpha value is -2.24. The van der Waals surface area contributed by atoms with Crippen molar-refractivity contribution < 1.29 is 14.3 Å². The Bertz CT molecular complexity index is 497. The predicted molar refractivity (Wildman–Crippen MR) is 83.8 cm³/mol. The molecule has 0 saturated carbocycles. The lowest BCUT2D eigenvalue weighted by molar-refractivity contribution is -0.124. The monoisotopic (exact) mass is 305 g/mol. The second kappa shape index (κ2) is 7.68. The summed E-state index contributed by atoms with van der Waals surface area (Å²) in [5.41, 5.74) is 0. The van der Waals surface area contributed by atoms with E-state index < -0.39 is 0 Å². The number of ether oxygens (including phenoxy) is 1. The van der Waals surface area contributed by atoms with Crippen LogP contribution in [0.15, 0.2) is 30.3 Å². The van der Waals surface area contributed by atoms with Crippen molar-refractivity contribution in [2.24, 2.45) is 0 Å². The van der Waals surface area contributed by atoms with Crippen LogP contribution in [0.1, 0.15) is 12.8 Å². The molecule has 0 atom stereocenters. The molecule has 0 spiro atoms. The highest BCUT2D eigenvalue weighted by Crippen LogP contribution is 2.12. The number of carbonyl (C=O) groups excluding carboxylic acids is 2. The van der Waals surface area contributed by atoms with E-state index >= 15 is 0 Å². The van der Waals surface area contributed by atoms with Gasteiger partial charge in [-0.3, -0.25) is 4.79 Å². The van der Waals surface area contributed by atoms with Crippen LogP contribution in [0.5, 0.6) is 5.75 Å². The zero-order valence-corrected chi connectivity index (χ0v) is 13.1. The van der Waals surface area contributed by atoms with Crippen LogP contribution in [0.25, 0.3) is 0 Å². The SMILES string of the molecule is CN(C)C(=O)N1CCC(NC(=O)COc2ccccc2)CC1. The quantitative estimate of drug-likeness (QED) is 0.913. The maximum atomic E-state index is 11.9. The molecule has 6 nitrogen and oxygen atoms in total. The van der Waals surface area contributed by atoms with Gasteiger partial charge in [0.05, 0.1) is 0 Å². The Morgan fingerprint density at radius 2 is 1.86 bits per heavy atom. The van der Waals surface area contributed by atoms with Crippen molar-refractivity contribution in [2.75, 3.05) is 33.8 Å². The molecule has 1 aromatic carbocycles. The van der Waals surface area contributed by atoms with Crippen molar-refractivity contribution in [1.29, 1.82) is 0 Å². The van der Waals surface area contributed by atoms with Crippen LogP contribution >= 0.6 is 0 Å². The first-order chi connectivity index (χ1) is 10.6. The first-order valence-electron chi connectivity index (χ1n) is 7.49. The number of likely N-dealkylation sites (tertiary alicyclic amines) is 1. The van der Waals surface area contributed by atoms with Crippen molar-refractivity contribution in [1.82, 2.24) is 15.1 Å². The minimum Gasteiger partial charge on any atom is -0.484 e. The van der Waals surface area contributed by atoms with Crippen molar-refractivity contribution in [3.05, 3.63) is 30.3 Å². The molecule has 0 bridgehead atoms. The Balaban J connectivity index is 1.69. The van der Waals surface area contributed by atoms with E-state index in [0.717, 1.165) is 12.8 Å². The highest BCUT2D eigenvalue weighted by Gasteiger charge is 2.24. The Morgan fingerprint density at radius 1 is 1.23 bits per heavy atom. The number of nitrogens with zero attached hydrogens (tertiary/aromatic N) is 2. The van der Waals surface area contributed by atoms with Gasteiger partial charge in [-0.05, 0) is 25.0 Å². The van der Waals surface area contributed by atoms with Gasteiger partial charge >= 0.3 is 6.03 Å². The summed E-state index contributed by atoms with van der Waals surface area (Å²) < 4.78 is 5.42. The summed E-state index contributed by atoms with van der Waals surface area (Å²) in [4.78, 5) is 27.1. The summed E-state index contributed by atoms with van der Waals surface area (Å²) in [7, 11) is 3.49. The van der Waals surface area contributed by atoms with Gasteiger partial charge in [-0.2, -0.15) is 0 Å². The molecular weight excluding hydrogens is 282 g/mol. The van der Waals surface area contributed by atoms with Crippen LogP contribution in [-0.2, 0) is 4.79 Å². The lowest BCUT2D eigenvalue weighted by Gasteiger charge is -2.33. The highest BCUT2D eigenvalue weighted by atomic mass is 16.5. The zero-order chi connectivity index (χ0) is 15.9. The Labute approximate surface area is 131 Å². The van der Waals surface area contributed by atoms with Crippen molar-refractivity contribution in [3.63, 3.8) is 0 Å². The number of carbonyl (C=O) groups is 2. The number of para-hydroxylation sites is 1. The number of hydrogen-bond donors (Lipinski definition) is 1. The Kier molecular flexibility index (Phi) is 5.63. The van der Waals surface area contributed by atoms with Crippen LogP contribution in [0.4, 0.5) is 4.79 Å². The first-order valence-corrected chi connectivity index (χ1v) is 7.49. The molecule has 0 unspecified atom stereocenters. The third kappa shape index (κ3) is 4.65. The van der Waals surface area contributed by atoms with E-state index in [2.05, 4.69) is 5.32 Å².